The second-order valence-corrected chi connectivity index (χ2v) is 32.6. The molecule has 0 saturated heterocycles. The third-order valence-corrected chi connectivity index (χ3v) is 20.5. The van der Waals surface area contributed by atoms with Crippen molar-refractivity contribution < 1.29 is 80.2 Å². The first-order valence-electron chi connectivity index (χ1n) is 41.2. The molecule has 0 saturated carbocycles. The Balaban J connectivity index is 5.30. The van der Waals surface area contributed by atoms with E-state index in [-0.39, 0.29) is 25.7 Å². The molecule has 0 aliphatic heterocycles. The SMILES string of the molecule is CCCCCC/C=C\C=C/CCCCCCCC(=O)OC[C@H](COP(=O)(O)OC[C@@H](O)COP(=O)(O)OC[C@@H](COC(=O)CCCCCCCCCCC(C)CC)OC(=O)CCCCCCCCCCCCCC(C)C)OC(=O)CCCCCCCCCCCCCCCCCCC(C)C. The Labute approximate surface area is 612 Å². The van der Waals surface area contributed by atoms with E-state index in [1.165, 1.54) is 186 Å². The lowest BCUT2D eigenvalue weighted by Gasteiger charge is -2.21. The van der Waals surface area contributed by atoms with E-state index in [9.17, 15) is 43.2 Å². The number of phosphoric ester groups is 2. The summed E-state index contributed by atoms with van der Waals surface area (Å²) in [5, 5.41) is 10.6. The number of hydrogen-bond donors (Lipinski definition) is 3. The van der Waals surface area contributed by atoms with Crippen LogP contribution in [0.3, 0.4) is 0 Å². The van der Waals surface area contributed by atoms with Gasteiger partial charge in [-0.1, -0.05) is 342 Å². The van der Waals surface area contributed by atoms with Gasteiger partial charge in [-0.3, -0.25) is 37.3 Å². The summed E-state index contributed by atoms with van der Waals surface area (Å²) in [5.41, 5.74) is 0. The maximum absolute atomic E-state index is 13.1. The van der Waals surface area contributed by atoms with Gasteiger partial charge in [-0.15, -0.1) is 0 Å². The van der Waals surface area contributed by atoms with Crippen molar-refractivity contribution in [2.24, 2.45) is 17.8 Å². The molecule has 6 atom stereocenters. The van der Waals surface area contributed by atoms with E-state index < -0.39 is 97.5 Å². The fourth-order valence-electron chi connectivity index (χ4n) is 11.9. The molecule has 3 unspecified atom stereocenters. The van der Waals surface area contributed by atoms with Crippen LogP contribution in [0.1, 0.15) is 395 Å². The van der Waals surface area contributed by atoms with E-state index in [1.54, 1.807) is 0 Å². The Kier molecular flexibility index (Phi) is 69.1. The van der Waals surface area contributed by atoms with Gasteiger partial charge in [0.1, 0.15) is 19.3 Å². The number of aliphatic hydroxyl groups is 1. The molecule has 0 aromatic carbocycles. The van der Waals surface area contributed by atoms with Crippen molar-refractivity contribution in [1.29, 1.82) is 0 Å². The fourth-order valence-corrected chi connectivity index (χ4v) is 13.5. The van der Waals surface area contributed by atoms with Gasteiger partial charge in [-0.25, -0.2) is 9.13 Å². The topological polar surface area (TPSA) is 237 Å². The van der Waals surface area contributed by atoms with E-state index in [4.69, 9.17) is 37.0 Å². The molecule has 0 spiro atoms. The average molecular weight is 1460 g/mol. The second-order valence-electron chi connectivity index (χ2n) is 29.7. The molecule has 19 heteroatoms. The van der Waals surface area contributed by atoms with E-state index in [1.807, 2.05) is 0 Å². The van der Waals surface area contributed by atoms with E-state index in [0.29, 0.717) is 25.7 Å². The maximum atomic E-state index is 13.1. The number of esters is 4. The first kappa shape index (κ1) is 97.5. The predicted octanol–water partition coefficient (Wildman–Crippen LogP) is 23.7. The molecule has 0 fully saturated rings. The van der Waals surface area contributed by atoms with Gasteiger partial charge >= 0.3 is 39.5 Å². The molecule has 3 N–H and O–H groups in total. The number of hydrogen-bond acceptors (Lipinski definition) is 15. The van der Waals surface area contributed by atoms with Crippen molar-refractivity contribution in [2.75, 3.05) is 39.6 Å². The van der Waals surface area contributed by atoms with E-state index >= 15 is 0 Å². The highest BCUT2D eigenvalue weighted by Crippen LogP contribution is 2.45. The summed E-state index contributed by atoms with van der Waals surface area (Å²) in [6.07, 6.45) is 61.7. The largest absolute Gasteiger partial charge is 0.472 e. The summed E-state index contributed by atoms with van der Waals surface area (Å²) >= 11 is 0. The highest BCUT2D eigenvalue weighted by molar-refractivity contribution is 7.47. The van der Waals surface area contributed by atoms with Gasteiger partial charge in [0, 0.05) is 25.7 Å². The quantitative estimate of drug-likeness (QED) is 0.0169. The molecule has 0 aliphatic carbocycles. The first-order chi connectivity index (χ1) is 48.3. The fraction of sp³-hybridized carbons (Fsp3) is 0.901. The summed E-state index contributed by atoms with van der Waals surface area (Å²) in [4.78, 5) is 73.0. The highest BCUT2D eigenvalue weighted by atomic mass is 31.2. The van der Waals surface area contributed by atoms with Crippen molar-refractivity contribution in [1.82, 2.24) is 0 Å². The van der Waals surface area contributed by atoms with Gasteiger partial charge in [0.05, 0.1) is 26.4 Å². The second kappa shape index (κ2) is 70.8. The molecule has 0 aliphatic rings. The van der Waals surface area contributed by atoms with Crippen molar-refractivity contribution in [3.8, 4) is 0 Å². The molecular weight excluding hydrogens is 1310 g/mol. The minimum atomic E-state index is -4.97. The van der Waals surface area contributed by atoms with Gasteiger partial charge in [0.25, 0.3) is 0 Å². The van der Waals surface area contributed by atoms with Crippen LogP contribution in [0.4, 0.5) is 0 Å². The number of aliphatic hydroxyl groups excluding tert-OH is 1. The molecule has 0 radical (unpaired) electrons. The Morgan fingerprint density at radius 1 is 0.330 bits per heavy atom. The van der Waals surface area contributed by atoms with E-state index in [2.05, 4.69) is 72.8 Å². The standard InChI is InChI=1S/C81H154O17P2/c1-8-10-11-12-13-14-15-16-19-23-28-33-41-48-55-62-78(83)91-68-76(97-80(85)64-57-50-43-34-29-24-21-18-17-20-22-26-31-38-45-52-59-72(3)4)70-95-99(87,88)93-66-75(82)67-94-100(89,90)96-71-77(69-92-79(84)63-56-49-42-37-36-40-47-54-61-74(7)9-2)98-81(86)65-58-51-44-35-30-25-27-32-39-46-53-60-73(5)6/h14-16,19,72-77,82H,8-13,17-18,20-71H2,1-7H3,(H,87,88)(H,89,90)/b15-14-,19-16-/t74?,75-,76-,77-/m1/s1. The lowest BCUT2D eigenvalue weighted by Crippen LogP contribution is -2.30. The minimum Gasteiger partial charge on any atom is -0.462 e. The summed E-state index contributed by atoms with van der Waals surface area (Å²) in [6.45, 7) is 11.9. The van der Waals surface area contributed by atoms with Crippen LogP contribution in [0.25, 0.3) is 0 Å². The van der Waals surface area contributed by atoms with Crippen molar-refractivity contribution in [3.63, 3.8) is 0 Å². The predicted molar refractivity (Wildman–Crippen MR) is 409 cm³/mol. The Morgan fingerprint density at radius 2 is 0.590 bits per heavy atom. The molecular formula is C81H154O17P2. The zero-order valence-electron chi connectivity index (χ0n) is 65.2. The summed E-state index contributed by atoms with van der Waals surface area (Å²) in [7, 11) is -9.93. The number of allylic oxidation sites excluding steroid dienone is 4. The Hall–Kier alpha value is -2.46. The summed E-state index contributed by atoms with van der Waals surface area (Å²) in [6, 6.07) is 0. The highest BCUT2D eigenvalue weighted by Gasteiger charge is 2.30. The average Bonchev–Trinajstić information content (AvgIpc) is 0.924. The van der Waals surface area contributed by atoms with Crippen LogP contribution >= 0.6 is 15.6 Å². The molecule has 0 aromatic heterocycles. The number of unbranched alkanes of at least 4 members (excludes halogenated alkanes) is 41. The molecule has 100 heavy (non-hydrogen) atoms. The van der Waals surface area contributed by atoms with Crippen LogP contribution in [0, 0.1) is 17.8 Å². The number of ether oxygens (including phenoxy) is 4. The number of carbonyl (C=O) groups excluding carboxylic acids is 4. The van der Waals surface area contributed by atoms with Gasteiger partial charge in [0.15, 0.2) is 12.2 Å². The van der Waals surface area contributed by atoms with Gasteiger partial charge < -0.3 is 33.8 Å². The third-order valence-electron chi connectivity index (χ3n) is 18.6. The molecule has 0 rings (SSSR count). The molecule has 0 aromatic rings. The summed E-state index contributed by atoms with van der Waals surface area (Å²) in [5.74, 6) is 0.206. The normalized spacial score (nSPS) is 14.4. The van der Waals surface area contributed by atoms with Crippen LogP contribution in [0.15, 0.2) is 24.3 Å². The molecule has 0 bridgehead atoms. The van der Waals surface area contributed by atoms with Crippen LogP contribution in [-0.2, 0) is 65.4 Å². The van der Waals surface area contributed by atoms with Gasteiger partial charge in [-0.2, -0.15) is 0 Å². The van der Waals surface area contributed by atoms with Gasteiger partial charge in [-0.05, 0) is 69.1 Å². The third kappa shape index (κ3) is 72.5. The number of phosphoric acid groups is 2. The zero-order chi connectivity index (χ0) is 73.7. The minimum absolute atomic E-state index is 0.101. The maximum Gasteiger partial charge on any atom is 0.472 e. The number of rotatable bonds is 77. The smallest absolute Gasteiger partial charge is 0.462 e. The van der Waals surface area contributed by atoms with Crippen molar-refractivity contribution >= 4 is 39.5 Å². The van der Waals surface area contributed by atoms with Crippen molar-refractivity contribution in [3.05, 3.63) is 24.3 Å². The first-order valence-corrected chi connectivity index (χ1v) is 44.2. The van der Waals surface area contributed by atoms with Crippen LogP contribution in [-0.4, -0.2) is 96.7 Å². The summed E-state index contributed by atoms with van der Waals surface area (Å²) < 4.78 is 68.7. The zero-order valence-corrected chi connectivity index (χ0v) is 66.9. The Morgan fingerprint density at radius 3 is 0.890 bits per heavy atom. The van der Waals surface area contributed by atoms with Crippen LogP contribution < -0.4 is 0 Å². The number of carbonyl (C=O) groups is 4. The van der Waals surface area contributed by atoms with Crippen molar-refractivity contribution in [2.45, 2.75) is 414 Å². The van der Waals surface area contributed by atoms with Crippen LogP contribution in [0.2, 0.25) is 0 Å². The lowest BCUT2D eigenvalue weighted by atomic mass is 9.99. The molecule has 17 nitrogen and oxygen atoms in total. The molecule has 590 valence electrons. The lowest BCUT2D eigenvalue weighted by molar-refractivity contribution is -0.161. The Bertz CT molecular complexity index is 2040. The molecule has 0 heterocycles. The monoisotopic (exact) mass is 1460 g/mol. The molecule has 0 amide bonds. The van der Waals surface area contributed by atoms with Crippen LogP contribution in [0.5, 0.6) is 0 Å². The van der Waals surface area contributed by atoms with Gasteiger partial charge in [0.2, 0.25) is 0 Å². The van der Waals surface area contributed by atoms with E-state index in [0.717, 1.165) is 127 Å².